The molecule has 138 valence electrons. The van der Waals surface area contributed by atoms with Crippen LogP contribution in [0.5, 0.6) is 0 Å². The van der Waals surface area contributed by atoms with Crippen LogP contribution in [-0.2, 0) is 9.53 Å². The Labute approximate surface area is 163 Å². The van der Waals surface area contributed by atoms with Gasteiger partial charge in [-0.2, -0.15) is 5.26 Å². The molecule has 0 saturated heterocycles. The zero-order valence-electron chi connectivity index (χ0n) is 15.3. The van der Waals surface area contributed by atoms with Crippen LogP contribution in [0.2, 0.25) is 0 Å². The largest absolute Gasteiger partial charge is 0.444 e. The van der Waals surface area contributed by atoms with E-state index in [4.69, 9.17) is 10.00 Å². The third-order valence-electron chi connectivity index (χ3n) is 4.11. The first-order valence-electron chi connectivity index (χ1n) is 8.70. The second-order valence-electron chi connectivity index (χ2n) is 6.24. The lowest BCUT2D eigenvalue weighted by molar-refractivity contribution is -0.125. The number of carbonyl (C=O) groups is 2. The Morgan fingerprint density at radius 2 is 1.68 bits per heavy atom. The number of ether oxygens (including phenoxy) is 1. The van der Waals surface area contributed by atoms with Crippen molar-refractivity contribution in [3.05, 3.63) is 101 Å². The fraction of sp³-hybridized carbons (Fsp3) is 0.0870. The number of nitriles is 1. The van der Waals surface area contributed by atoms with Crippen LogP contribution in [0.1, 0.15) is 33.2 Å². The van der Waals surface area contributed by atoms with Crippen LogP contribution >= 0.6 is 0 Å². The number of nitrogens with one attached hydrogen (secondary N) is 1. The van der Waals surface area contributed by atoms with Crippen molar-refractivity contribution in [3.63, 3.8) is 0 Å². The maximum atomic E-state index is 12.8. The number of benzene rings is 3. The molecule has 0 unspecified atom stereocenters. The van der Waals surface area contributed by atoms with Crippen LogP contribution in [0, 0.1) is 18.3 Å². The molecule has 3 aromatic carbocycles. The SMILES string of the molecule is Cc1ccc(NC(=O)[C@H](OC(=O)c2cccc(C#N)c2)c2ccccc2)cc1. The molecule has 1 atom stereocenters. The van der Waals surface area contributed by atoms with Crippen LogP contribution in [0.25, 0.3) is 0 Å². The Hall–Kier alpha value is -3.91. The van der Waals surface area contributed by atoms with E-state index >= 15 is 0 Å². The minimum Gasteiger partial charge on any atom is -0.444 e. The molecule has 0 aromatic heterocycles. The monoisotopic (exact) mass is 370 g/mol. The number of anilines is 1. The van der Waals surface area contributed by atoms with Crippen molar-refractivity contribution < 1.29 is 14.3 Å². The average molecular weight is 370 g/mol. The molecule has 0 aliphatic heterocycles. The molecule has 28 heavy (non-hydrogen) atoms. The Kier molecular flexibility index (Phi) is 5.83. The van der Waals surface area contributed by atoms with Crippen molar-refractivity contribution in [3.8, 4) is 6.07 Å². The summed E-state index contributed by atoms with van der Waals surface area (Å²) in [5.41, 5.74) is 2.79. The third kappa shape index (κ3) is 4.63. The van der Waals surface area contributed by atoms with Crippen LogP contribution < -0.4 is 5.32 Å². The summed E-state index contributed by atoms with van der Waals surface area (Å²) < 4.78 is 5.52. The molecule has 0 saturated carbocycles. The topological polar surface area (TPSA) is 79.2 Å². The maximum absolute atomic E-state index is 12.8. The minimum atomic E-state index is -1.12. The highest BCUT2D eigenvalue weighted by molar-refractivity contribution is 5.98. The van der Waals surface area contributed by atoms with Gasteiger partial charge in [-0.1, -0.05) is 54.1 Å². The Bertz CT molecular complexity index is 1020. The summed E-state index contributed by atoms with van der Waals surface area (Å²) in [6, 6.07) is 24.3. The zero-order chi connectivity index (χ0) is 19.9. The summed E-state index contributed by atoms with van der Waals surface area (Å²) >= 11 is 0. The number of carbonyl (C=O) groups excluding carboxylic acids is 2. The Morgan fingerprint density at radius 1 is 0.964 bits per heavy atom. The van der Waals surface area contributed by atoms with Gasteiger partial charge in [-0.15, -0.1) is 0 Å². The molecule has 3 aromatic rings. The minimum absolute atomic E-state index is 0.211. The van der Waals surface area contributed by atoms with E-state index in [1.54, 1.807) is 54.6 Å². The third-order valence-corrected chi connectivity index (χ3v) is 4.11. The molecule has 0 aliphatic carbocycles. The van der Waals surface area contributed by atoms with Gasteiger partial charge in [0.15, 0.2) is 0 Å². The molecular formula is C23H18N2O3. The fourth-order valence-corrected chi connectivity index (χ4v) is 2.64. The second kappa shape index (κ2) is 8.65. The summed E-state index contributed by atoms with van der Waals surface area (Å²) in [6.45, 7) is 1.95. The van der Waals surface area contributed by atoms with Gasteiger partial charge < -0.3 is 10.1 Å². The van der Waals surface area contributed by atoms with E-state index in [0.717, 1.165) is 5.56 Å². The Balaban J connectivity index is 1.84. The van der Waals surface area contributed by atoms with Crippen molar-refractivity contribution >= 4 is 17.6 Å². The zero-order valence-corrected chi connectivity index (χ0v) is 15.3. The number of aryl methyl sites for hydroxylation is 1. The first-order valence-corrected chi connectivity index (χ1v) is 8.70. The molecule has 3 rings (SSSR count). The molecule has 0 heterocycles. The van der Waals surface area contributed by atoms with Gasteiger partial charge in [0.05, 0.1) is 17.2 Å². The molecule has 0 bridgehead atoms. The highest BCUT2D eigenvalue weighted by Gasteiger charge is 2.26. The molecule has 5 nitrogen and oxygen atoms in total. The quantitative estimate of drug-likeness (QED) is 0.675. The van der Waals surface area contributed by atoms with Crippen molar-refractivity contribution in [2.24, 2.45) is 0 Å². The van der Waals surface area contributed by atoms with Gasteiger partial charge in [0, 0.05) is 11.3 Å². The average Bonchev–Trinajstić information content (AvgIpc) is 2.74. The second-order valence-corrected chi connectivity index (χ2v) is 6.24. The predicted octanol–water partition coefficient (Wildman–Crippen LogP) is 4.40. The summed E-state index contributed by atoms with van der Waals surface area (Å²) in [4.78, 5) is 25.4. The highest BCUT2D eigenvalue weighted by atomic mass is 16.5. The van der Waals surface area contributed by atoms with Crippen LogP contribution in [-0.4, -0.2) is 11.9 Å². The summed E-state index contributed by atoms with van der Waals surface area (Å²) in [6.07, 6.45) is -1.12. The van der Waals surface area contributed by atoms with E-state index in [1.807, 2.05) is 31.2 Å². The predicted molar refractivity (Wildman–Crippen MR) is 106 cm³/mol. The number of amides is 1. The maximum Gasteiger partial charge on any atom is 0.339 e. The molecular weight excluding hydrogens is 352 g/mol. The Morgan fingerprint density at radius 3 is 2.36 bits per heavy atom. The fourth-order valence-electron chi connectivity index (χ4n) is 2.64. The highest BCUT2D eigenvalue weighted by Crippen LogP contribution is 2.22. The van der Waals surface area contributed by atoms with E-state index in [9.17, 15) is 9.59 Å². The van der Waals surface area contributed by atoms with Crippen molar-refractivity contribution in [1.82, 2.24) is 0 Å². The van der Waals surface area contributed by atoms with Crippen LogP contribution in [0.15, 0.2) is 78.9 Å². The summed E-state index contributed by atoms with van der Waals surface area (Å²) in [5, 5.41) is 11.8. The van der Waals surface area contributed by atoms with Gasteiger partial charge in [0.25, 0.3) is 5.91 Å². The van der Waals surface area contributed by atoms with Crippen LogP contribution in [0.4, 0.5) is 5.69 Å². The summed E-state index contributed by atoms with van der Waals surface area (Å²) in [5.74, 6) is -1.13. The van der Waals surface area contributed by atoms with E-state index in [-0.39, 0.29) is 5.56 Å². The molecule has 0 radical (unpaired) electrons. The van der Waals surface area contributed by atoms with Gasteiger partial charge in [-0.3, -0.25) is 4.79 Å². The van der Waals surface area contributed by atoms with Gasteiger partial charge in [-0.25, -0.2) is 4.79 Å². The van der Waals surface area contributed by atoms with E-state index < -0.39 is 18.0 Å². The number of nitrogens with zero attached hydrogens (tertiary/aromatic N) is 1. The lowest BCUT2D eigenvalue weighted by Gasteiger charge is -2.18. The smallest absolute Gasteiger partial charge is 0.339 e. The van der Waals surface area contributed by atoms with Gasteiger partial charge >= 0.3 is 5.97 Å². The number of hydrogen-bond donors (Lipinski definition) is 1. The molecule has 1 amide bonds. The normalized spacial score (nSPS) is 11.1. The van der Waals surface area contributed by atoms with Crippen molar-refractivity contribution in [2.45, 2.75) is 13.0 Å². The molecule has 0 spiro atoms. The van der Waals surface area contributed by atoms with E-state index in [0.29, 0.717) is 16.8 Å². The van der Waals surface area contributed by atoms with Crippen molar-refractivity contribution in [1.29, 1.82) is 5.26 Å². The first kappa shape index (κ1) is 18.9. The number of esters is 1. The van der Waals surface area contributed by atoms with E-state index in [2.05, 4.69) is 5.32 Å². The van der Waals surface area contributed by atoms with Crippen LogP contribution in [0.3, 0.4) is 0 Å². The lowest BCUT2D eigenvalue weighted by atomic mass is 10.1. The lowest BCUT2D eigenvalue weighted by Crippen LogP contribution is -2.26. The molecule has 1 N–H and O–H groups in total. The number of rotatable bonds is 5. The standard InChI is InChI=1S/C23H18N2O3/c1-16-10-12-20(13-11-16)25-22(26)21(18-7-3-2-4-8-18)28-23(27)19-9-5-6-17(14-19)15-24/h2-14,21H,1H3,(H,25,26)/t21-/m1/s1. The first-order chi connectivity index (χ1) is 13.6. The number of hydrogen-bond acceptors (Lipinski definition) is 4. The van der Waals surface area contributed by atoms with Crippen molar-refractivity contribution in [2.75, 3.05) is 5.32 Å². The van der Waals surface area contributed by atoms with Gasteiger partial charge in [0.1, 0.15) is 0 Å². The van der Waals surface area contributed by atoms with E-state index in [1.165, 1.54) is 6.07 Å². The molecule has 0 aliphatic rings. The summed E-state index contributed by atoms with van der Waals surface area (Å²) in [7, 11) is 0. The molecule has 5 heteroatoms. The molecule has 0 fully saturated rings. The van der Waals surface area contributed by atoms with Gasteiger partial charge in [0.2, 0.25) is 6.10 Å². The van der Waals surface area contributed by atoms with Gasteiger partial charge in [-0.05, 0) is 37.3 Å².